The summed E-state index contributed by atoms with van der Waals surface area (Å²) < 4.78 is 10.9. The molecule has 3 aromatic rings. The van der Waals surface area contributed by atoms with Crippen LogP contribution in [0.1, 0.15) is 23.2 Å². The highest BCUT2D eigenvalue weighted by Crippen LogP contribution is 2.19. The Morgan fingerprint density at radius 3 is 2.73 bits per heavy atom. The van der Waals surface area contributed by atoms with Crippen LogP contribution in [-0.2, 0) is 27.4 Å². The van der Waals surface area contributed by atoms with Gasteiger partial charge in [0.15, 0.2) is 11.3 Å². The first-order valence-corrected chi connectivity index (χ1v) is 10.4. The summed E-state index contributed by atoms with van der Waals surface area (Å²) in [4.78, 5) is 32.6. The van der Waals surface area contributed by atoms with Crippen LogP contribution in [-0.4, -0.2) is 27.9 Å². The van der Waals surface area contributed by atoms with Gasteiger partial charge in [0.1, 0.15) is 17.4 Å². The molecule has 0 aliphatic heterocycles. The number of aromatic nitrogens is 2. The Morgan fingerprint density at radius 1 is 1.23 bits per heavy atom. The van der Waals surface area contributed by atoms with Crippen molar-refractivity contribution in [2.75, 3.05) is 5.32 Å². The lowest BCUT2D eigenvalue weighted by Crippen LogP contribution is -2.30. The van der Waals surface area contributed by atoms with Crippen LogP contribution in [0.15, 0.2) is 48.0 Å². The van der Waals surface area contributed by atoms with Gasteiger partial charge in [0, 0.05) is 11.6 Å². The molecule has 2 aromatic heterocycles. The Morgan fingerprint density at radius 2 is 2.00 bits per heavy atom. The molecule has 2 heterocycles. The SMILES string of the molecule is Cc1ccc(OCc2nc(CC(=O)OC(C)C(=O)Nc3cccnc3Cl)cs2)cc1. The van der Waals surface area contributed by atoms with E-state index in [0.717, 1.165) is 16.3 Å². The number of benzene rings is 1. The van der Waals surface area contributed by atoms with E-state index >= 15 is 0 Å². The molecule has 30 heavy (non-hydrogen) atoms. The maximum absolute atomic E-state index is 12.2. The quantitative estimate of drug-likeness (QED) is 0.413. The number of halogens is 1. The Labute approximate surface area is 183 Å². The molecule has 9 heteroatoms. The van der Waals surface area contributed by atoms with Crippen molar-refractivity contribution in [1.29, 1.82) is 0 Å². The summed E-state index contributed by atoms with van der Waals surface area (Å²) in [7, 11) is 0. The number of hydrogen-bond donors (Lipinski definition) is 1. The maximum Gasteiger partial charge on any atom is 0.312 e. The van der Waals surface area contributed by atoms with E-state index in [0.29, 0.717) is 18.0 Å². The minimum atomic E-state index is -0.989. The molecular weight excluding hydrogens is 426 g/mol. The van der Waals surface area contributed by atoms with Crippen LogP contribution in [0, 0.1) is 6.92 Å². The van der Waals surface area contributed by atoms with E-state index < -0.39 is 18.0 Å². The molecule has 1 atom stereocenters. The maximum atomic E-state index is 12.2. The Bertz CT molecular complexity index is 1020. The topological polar surface area (TPSA) is 90.4 Å². The first kappa shape index (κ1) is 21.7. The number of ether oxygens (including phenoxy) is 2. The fourth-order valence-electron chi connectivity index (χ4n) is 2.43. The largest absolute Gasteiger partial charge is 0.486 e. The predicted octanol–water partition coefficient (Wildman–Crippen LogP) is 4.19. The number of hydrogen-bond acceptors (Lipinski definition) is 7. The molecule has 1 N–H and O–H groups in total. The summed E-state index contributed by atoms with van der Waals surface area (Å²) in [6.07, 6.45) is 0.485. The first-order chi connectivity index (χ1) is 14.4. The van der Waals surface area contributed by atoms with Crippen molar-refractivity contribution >= 4 is 40.5 Å². The molecule has 0 spiro atoms. The minimum Gasteiger partial charge on any atom is -0.486 e. The number of aryl methyl sites for hydroxylation is 1. The van der Waals surface area contributed by atoms with Crippen molar-refractivity contribution in [2.24, 2.45) is 0 Å². The molecule has 1 unspecified atom stereocenters. The zero-order valence-corrected chi connectivity index (χ0v) is 18.0. The molecule has 0 aliphatic carbocycles. The van der Waals surface area contributed by atoms with Gasteiger partial charge in [0.05, 0.1) is 17.8 Å². The number of esters is 1. The van der Waals surface area contributed by atoms with Crippen molar-refractivity contribution in [3.05, 3.63) is 69.4 Å². The molecule has 0 bridgehead atoms. The van der Waals surface area contributed by atoms with Crippen molar-refractivity contribution in [2.45, 2.75) is 33.0 Å². The van der Waals surface area contributed by atoms with Gasteiger partial charge in [-0.25, -0.2) is 9.97 Å². The van der Waals surface area contributed by atoms with Gasteiger partial charge in [-0.05, 0) is 38.1 Å². The molecule has 1 amide bonds. The highest BCUT2D eigenvalue weighted by molar-refractivity contribution is 7.09. The zero-order chi connectivity index (χ0) is 21.5. The van der Waals surface area contributed by atoms with Gasteiger partial charge < -0.3 is 14.8 Å². The van der Waals surface area contributed by atoms with Gasteiger partial charge >= 0.3 is 5.97 Å². The van der Waals surface area contributed by atoms with E-state index in [1.54, 1.807) is 17.5 Å². The lowest BCUT2D eigenvalue weighted by Gasteiger charge is -2.13. The molecule has 1 aromatic carbocycles. The standard InChI is InChI=1S/C21H20ClN3O4S/c1-13-5-7-16(8-6-13)28-11-18-24-15(12-30-18)10-19(26)29-14(2)21(27)25-17-4-3-9-23-20(17)22/h3-9,12,14H,10-11H2,1-2H3,(H,25,27). The van der Waals surface area contributed by atoms with Gasteiger partial charge in [0.2, 0.25) is 0 Å². The van der Waals surface area contributed by atoms with Crippen molar-refractivity contribution in [3.63, 3.8) is 0 Å². The predicted molar refractivity (Wildman–Crippen MR) is 115 cm³/mol. The Balaban J connectivity index is 1.47. The zero-order valence-electron chi connectivity index (χ0n) is 16.4. The fraction of sp³-hybridized carbons (Fsp3) is 0.238. The third-order valence-corrected chi connectivity index (χ3v) is 5.17. The molecular formula is C21H20ClN3O4S. The summed E-state index contributed by atoms with van der Waals surface area (Å²) in [5.74, 6) is -0.291. The van der Waals surface area contributed by atoms with Crippen LogP contribution < -0.4 is 10.1 Å². The lowest BCUT2D eigenvalue weighted by atomic mass is 10.2. The average Bonchev–Trinajstić information content (AvgIpc) is 3.16. The third kappa shape index (κ3) is 6.27. The molecule has 156 valence electrons. The normalized spacial score (nSPS) is 11.6. The number of nitrogens with one attached hydrogen (secondary N) is 1. The highest BCUT2D eigenvalue weighted by Gasteiger charge is 2.20. The van der Waals surface area contributed by atoms with Gasteiger partial charge in [-0.1, -0.05) is 29.3 Å². The monoisotopic (exact) mass is 445 g/mol. The van der Waals surface area contributed by atoms with Gasteiger partial charge in [-0.3, -0.25) is 9.59 Å². The van der Waals surface area contributed by atoms with E-state index in [2.05, 4.69) is 15.3 Å². The number of nitrogens with zero attached hydrogens (tertiary/aromatic N) is 2. The number of rotatable bonds is 8. The van der Waals surface area contributed by atoms with Crippen LogP contribution >= 0.6 is 22.9 Å². The summed E-state index contributed by atoms with van der Waals surface area (Å²) in [5, 5.41) is 5.26. The summed E-state index contributed by atoms with van der Waals surface area (Å²) >= 11 is 7.31. The van der Waals surface area contributed by atoms with Crippen molar-refractivity contribution in [3.8, 4) is 5.75 Å². The van der Waals surface area contributed by atoms with E-state index in [9.17, 15) is 9.59 Å². The third-order valence-electron chi connectivity index (χ3n) is 4.00. The molecule has 7 nitrogen and oxygen atoms in total. The number of anilines is 1. The molecule has 0 saturated carbocycles. The molecule has 3 rings (SSSR count). The van der Waals surface area contributed by atoms with Crippen LogP contribution in [0.4, 0.5) is 5.69 Å². The summed E-state index contributed by atoms with van der Waals surface area (Å²) in [6, 6.07) is 11.0. The summed E-state index contributed by atoms with van der Waals surface area (Å²) in [6.45, 7) is 3.81. The molecule has 0 fully saturated rings. The van der Waals surface area contributed by atoms with Crippen LogP contribution in [0.3, 0.4) is 0 Å². The van der Waals surface area contributed by atoms with Crippen molar-refractivity contribution in [1.82, 2.24) is 9.97 Å². The number of carbonyl (C=O) groups excluding carboxylic acids is 2. The molecule has 0 radical (unpaired) electrons. The second kappa shape index (κ2) is 10.2. The second-order valence-electron chi connectivity index (χ2n) is 6.47. The van der Waals surface area contributed by atoms with E-state index in [-0.39, 0.29) is 11.6 Å². The van der Waals surface area contributed by atoms with Gasteiger partial charge in [-0.2, -0.15) is 0 Å². The number of thiazole rings is 1. The first-order valence-electron chi connectivity index (χ1n) is 9.14. The Hall–Kier alpha value is -2.97. The van der Waals surface area contributed by atoms with E-state index in [1.807, 2.05) is 31.2 Å². The summed E-state index contributed by atoms with van der Waals surface area (Å²) in [5.41, 5.74) is 2.07. The van der Waals surface area contributed by atoms with Crippen LogP contribution in [0.2, 0.25) is 5.15 Å². The average molecular weight is 446 g/mol. The van der Waals surface area contributed by atoms with E-state index in [1.165, 1.54) is 24.5 Å². The number of pyridine rings is 1. The molecule has 0 saturated heterocycles. The van der Waals surface area contributed by atoms with Crippen molar-refractivity contribution < 1.29 is 19.1 Å². The van der Waals surface area contributed by atoms with Crippen LogP contribution in [0.25, 0.3) is 0 Å². The lowest BCUT2D eigenvalue weighted by molar-refractivity contribution is -0.152. The van der Waals surface area contributed by atoms with Crippen LogP contribution in [0.5, 0.6) is 5.75 Å². The fourth-order valence-corrected chi connectivity index (χ4v) is 3.30. The minimum absolute atomic E-state index is 0.0354. The number of carbonyl (C=O) groups is 2. The second-order valence-corrected chi connectivity index (χ2v) is 7.77. The molecule has 0 aliphatic rings. The smallest absolute Gasteiger partial charge is 0.312 e. The van der Waals surface area contributed by atoms with Gasteiger partial charge in [0.25, 0.3) is 5.91 Å². The van der Waals surface area contributed by atoms with Gasteiger partial charge in [-0.15, -0.1) is 11.3 Å². The Kier molecular flexibility index (Phi) is 7.37. The number of amides is 1. The highest BCUT2D eigenvalue weighted by atomic mass is 35.5. The van der Waals surface area contributed by atoms with E-state index in [4.69, 9.17) is 21.1 Å².